The first-order chi connectivity index (χ1) is 15.6. The predicted octanol–water partition coefficient (Wildman–Crippen LogP) is 4.21. The van der Waals surface area contributed by atoms with Crippen molar-refractivity contribution in [3.63, 3.8) is 0 Å². The average Bonchev–Trinajstić information content (AvgIpc) is 3.29. The highest BCUT2D eigenvalue weighted by molar-refractivity contribution is 5.91. The van der Waals surface area contributed by atoms with E-state index in [1.807, 2.05) is 37.3 Å². The molecule has 0 aliphatic carbocycles. The molecule has 1 atom stereocenters. The summed E-state index contributed by atoms with van der Waals surface area (Å²) >= 11 is 0. The summed E-state index contributed by atoms with van der Waals surface area (Å²) < 4.78 is 16.1. The molecule has 1 heterocycles. The summed E-state index contributed by atoms with van der Waals surface area (Å²) in [6.45, 7) is 6.80. The van der Waals surface area contributed by atoms with Crippen molar-refractivity contribution in [3.05, 3.63) is 83.6 Å². The predicted molar refractivity (Wildman–Crippen MR) is 122 cm³/mol. The Hall–Kier alpha value is -3.16. The monoisotopic (exact) mass is 437 g/mol. The molecule has 1 amide bonds. The van der Waals surface area contributed by atoms with Crippen molar-refractivity contribution < 1.29 is 18.7 Å². The third-order valence-electron chi connectivity index (χ3n) is 5.16. The van der Waals surface area contributed by atoms with Gasteiger partial charge in [0.05, 0.1) is 19.8 Å². The van der Waals surface area contributed by atoms with E-state index in [9.17, 15) is 4.79 Å². The molecule has 7 heteroatoms. The van der Waals surface area contributed by atoms with Gasteiger partial charge in [0.15, 0.2) is 5.69 Å². The van der Waals surface area contributed by atoms with E-state index in [0.717, 1.165) is 11.3 Å². The van der Waals surface area contributed by atoms with Crippen LogP contribution in [-0.4, -0.2) is 42.7 Å². The van der Waals surface area contributed by atoms with Crippen molar-refractivity contribution in [1.82, 2.24) is 15.2 Å². The third-order valence-corrected chi connectivity index (χ3v) is 5.16. The van der Waals surface area contributed by atoms with Crippen LogP contribution in [0.3, 0.4) is 0 Å². The fourth-order valence-corrected chi connectivity index (χ4v) is 3.38. The molecule has 0 saturated carbocycles. The summed E-state index contributed by atoms with van der Waals surface area (Å²) in [5, 5.41) is 2.76. The van der Waals surface area contributed by atoms with Crippen LogP contribution in [-0.2, 0) is 17.8 Å². The zero-order valence-electron chi connectivity index (χ0n) is 18.9. The number of carbonyl (C=O) groups is 1. The van der Waals surface area contributed by atoms with Crippen LogP contribution in [0.25, 0.3) is 0 Å². The Labute approximate surface area is 189 Å². The van der Waals surface area contributed by atoms with Crippen molar-refractivity contribution in [3.8, 4) is 5.75 Å². The van der Waals surface area contributed by atoms with Crippen LogP contribution in [0.1, 0.15) is 47.4 Å². The summed E-state index contributed by atoms with van der Waals surface area (Å²) in [5.74, 6) is 1.08. The number of methoxy groups -OCH3 is 1. The maximum atomic E-state index is 12.2. The molecular weight excluding hydrogens is 406 g/mol. The second kappa shape index (κ2) is 12.0. The van der Waals surface area contributed by atoms with Gasteiger partial charge in [0.2, 0.25) is 5.89 Å². The molecule has 1 N–H and O–H groups in total. The van der Waals surface area contributed by atoms with Crippen LogP contribution in [0.15, 0.2) is 65.3 Å². The number of hydrogen-bond donors (Lipinski definition) is 1. The first-order valence-electron chi connectivity index (χ1n) is 10.8. The second-order valence-electron chi connectivity index (χ2n) is 7.44. The molecule has 0 aliphatic rings. The number of nitrogens with one attached hydrogen (secondary N) is 1. The van der Waals surface area contributed by atoms with E-state index >= 15 is 0 Å². The number of hydrogen-bond acceptors (Lipinski definition) is 6. The van der Waals surface area contributed by atoms with E-state index in [1.165, 1.54) is 11.8 Å². The first kappa shape index (κ1) is 23.5. The number of ether oxygens (including phenoxy) is 2. The Morgan fingerprint density at radius 2 is 1.88 bits per heavy atom. The molecule has 0 bridgehead atoms. The van der Waals surface area contributed by atoms with Gasteiger partial charge < -0.3 is 19.2 Å². The smallest absolute Gasteiger partial charge is 0.273 e. The van der Waals surface area contributed by atoms with Crippen LogP contribution >= 0.6 is 0 Å². The van der Waals surface area contributed by atoms with Crippen molar-refractivity contribution in [2.75, 3.05) is 26.9 Å². The minimum Gasteiger partial charge on any atom is -0.494 e. The Morgan fingerprint density at radius 1 is 1.12 bits per heavy atom. The molecule has 0 unspecified atom stereocenters. The molecular formula is C25H31N3O4. The van der Waals surface area contributed by atoms with Crippen LogP contribution in [0.2, 0.25) is 0 Å². The normalized spacial score (nSPS) is 12.0. The zero-order valence-corrected chi connectivity index (χ0v) is 18.9. The lowest BCUT2D eigenvalue weighted by Gasteiger charge is -2.28. The highest BCUT2D eigenvalue weighted by atomic mass is 16.5. The van der Waals surface area contributed by atoms with Gasteiger partial charge >= 0.3 is 0 Å². The minimum atomic E-state index is -0.272. The topological polar surface area (TPSA) is 76.8 Å². The number of benzene rings is 2. The maximum Gasteiger partial charge on any atom is 0.273 e. The van der Waals surface area contributed by atoms with E-state index in [-0.39, 0.29) is 17.6 Å². The molecule has 3 rings (SSSR count). The summed E-state index contributed by atoms with van der Waals surface area (Å²) in [6, 6.07) is 18.5. The van der Waals surface area contributed by atoms with E-state index in [1.54, 1.807) is 7.11 Å². The van der Waals surface area contributed by atoms with Gasteiger partial charge in [-0.15, -0.1) is 0 Å². The van der Waals surface area contributed by atoms with E-state index < -0.39 is 0 Å². The molecule has 3 aromatic rings. The molecule has 0 saturated heterocycles. The first-order valence-corrected chi connectivity index (χ1v) is 10.8. The van der Waals surface area contributed by atoms with E-state index in [4.69, 9.17) is 13.9 Å². The maximum absolute atomic E-state index is 12.2. The molecule has 2 aromatic carbocycles. The van der Waals surface area contributed by atoms with Gasteiger partial charge in [-0.25, -0.2) is 4.98 Å². The Kier molecular flexibility index (Phi) is 8.83. The number of amides is 1. The van der Waals surface area contributed by atoms with Crippen LogP contribution < -0.4 is 10.1 Å². The lowest BCUT2D eigenvalue weighted by Crippen LogP contribution is -2.28. The zero-order chi connectivity index (χ0) is 22.8. The van der Waals surface area contributed by atoms with Crippen LogP contribution in [0.5, 0.6) is 5.75 Å². The van der Waals surface area contributed by atoms with Gasteiger partial charge in [-0.05, 0) is 37.1 Å². The van der Waals surface area contributed by atoms with Crippen molar-refractivity contribution in [1.29, 1.82) is 0 Å². The van der Waals surface area contributed by atoms with Crippen molar-refractivity contribution in [2.45, 2.75) is 33.0 Å². The molecule has 0 radical (unpaired) electrons. The Morgan fingerprint density at radius 3 is 2.56 bits per heavy atom. The highest BCUT2D eigenvalue weighted by Crippen LogP contribution is 2.25. The minimum absolute atomic E-state index is 0.119. The standard InChI is InChI=1S/C25H31N3O4/c1-4-31-22-12-10-20(11-13-22)16-28(19(2)21-8-6-5-7-9-21)17-24-27-23(18-32-24)25(29)26-14-15-30-3/h5-13,18-19H,4,14-17H2,1-3H3,(H,26,29)/t19-/m1/s1. The number of oxazole rings is 1. The highest BCUT2D eigenvalue weighted by Gasteiger charge is 2.20. The largest absolute Gasteiger partial charge is 0.494 e. The third kappa shape index (κ3) is 6.67. The van der Waals surface area contributed by atoms with Gasteiger partial charge in [-0.3, -0.25) is 9.69 Å². The quantitative estimate of drug-likeness (QED) is 0.428. The molecule has 0 fully saturated rings. The van der Waals surface area contributed by atoms with E-state index in [0.29, 0.717) is 38.7 Å². The summed E-state index contributed by atoms with van der Waals surface area (Å²) in [6.07, 6.45) is 1.40. The fraction of sp³-hybridized carbons (Fsp3) is 0.360. The van der Waals surface area contributed by atoms with Gasteiger partial charge in [0.25, 0.3) is 5.91 Å². The Bertz CT molecular complexity index is 957. The van der Waals surface area contributed by atoms with Gasteiger partial charge in [0, 0.05) is 26.2 Å². The van der Waals surface area contributed by atoms with Crippen molar-refractivity contribution >= 4 is 5.91 Å². The summed E-state index contributed by atoms with van der Waals surface area (Å²) in [5.41, 5.74) is 2.62. The number of nitrogens with zero attached hydrogens (tertiary/aromatic N) is 2. The lowest BCUT2D eigenvalue weighted by atomic mass is 10.1. The second-order valence-corrected chi connectivity index (χ2v) is 7.44. The summed E-state index contributed by atoms with van der Waals surface area (Å²) in [4.78, 5) is 18.9. The number of carbonyl (C=O) groups excluding carboxylic acids is 1. The van der Waals surface area contributed by atoms with Gasteiger partial charge in [-0.1, -0.05) is 42.5 Å². The molecule has 7 nitrogen and oxygen atoms in total. The van der Waals surface area contributed by atoms with Gasteiger partial charge in [-0.2, -0.15) is 0 Å². The molecule has 0 spiro atoms. The van der Waals surface area contributed by atoms with Gasteiger partial charge in [0.1, 0.15) is 12.0 Å². The fourth-order valence-electron chi connectivity index (χ4n) is 3.38. The molecule has 170 valence electrons. The van der Waals surface area contributed by atoms with Crippen LogP contribution in [0, 0.1) is 0 Å². The van der Waals surface area contributed by atoms with Crippen molar-refractivity contribution in [2.24, 2.45) is 0 Å². The molecule has 1 aromatic heterocycles. The Balaban J connectivity index is 1.74. The number of aromatic nitrogens is 1. The molecule has 32 heavy (non-hydrogen) atoms. The average molecular weight is 438 g/mol. The van der Waals surface area contributed by atoms with Crippen LogP contribution in [0.4, 0.5) is 0 Å². The summed E-state index contributed by atoms with van der Waals surface area (Å²) in [7, 11) is 1.59. The molecule has 0 aliphatic heterocycles. The van der Waals surface area contributed by atoms with E-state index in [2.05, 4.69) is 46.4 Å². The SMILES string of the molecule is CCOc1ccc(CN(Cc2nc(C(=O)NCCOC)co2)[C@H](C)c2ccccc2)cc1. The lowest BCUT2D eigenvalue weighted by molar-refractivity contribution is 0.0932. The number of rotatable bonds is 12.